The van der Waals surface area contributed by atoms with E-state index in [0.717, 1.165) is 0 Å². The number of aliphatic imine (C=N–C) groups is 1. The van der Waals surface area contributed by atoms with E-state index in [4.69, 9.17) is 0 Å². The molecule has 0 aromatic carbocycles. The second-order valence-corrected chi connectivity index (χ2v) is 1.68. The van der Waals surface area contributed by atoms with E-state index in [0.29, 0.717) is 5.57 Å². The molecule has 0 amide bonds. The Morgan fingerprint density at radius 1 is 1.40 bits per heavy atom. The number of halogens is 1. The summed E-state index contributed by atoms with van der Waals surface area (Å²) in [4.78, 5) is 3.41. The van der Waals surface area contributed by atoms with Gasteiger partial charge in [0.2, 0.25) is 5.95 Å². The molecule has 0 aliphatic rings. The van der Waals surface area contributed by atoms with Crippen molar-refractivity contribution in [2.45, 2.75) is 20.8 Å². The zero-order chi connectivity index (χ0) is 8.57. The molecule has 58 valence electrons. The number of nitrogens with zero attached hydrogens (tertiary/aromatic N) is 1. The largest absolute Gasteiger partial charge is 0.233 e. The SMILES string of the molecule is C/C=N\C(F)=C(C)C.C=C. The summed E-state index contributed by atoms with van der Waals surface area (Å²) in [6, 6.07) is 0. The number of allylic oxidation sites excluding steroid dienone is 1. The Morgan fingerprint density at radius 3 is 1.90 bits per heavy atom. The Bertz CT molecular complexity index is 132. The van der Waals surface area contributed by atoms with Crippen LogP contribution in [0.3, 0.4) is 0 Å². The van der Waals surface area contributed by atoms with Gasteiger partial charge in [0.1, 0.15) is 0 Å². The third-order valence-electron chi connectivity index (χ3n) is 0.655. The lowest BCUT2D eigenvalue weighted by Gasteiger charge is -1.86. The fourth-order valence-electron chi connectivity index (χ4n) is 0.242. The van der Waals surface area contributed by atoms with E-state index in [1.165, 1.54) is 6.21 Å². The Morgan fingerprint density at radius 2 is 1.80 bits per heavy atom. The summed E-state index contributed by atoms with van der Waals surface area (Å²) in [5, 5.41) is 0. The average Bonchev–Trinajstić information content (AvgIpc) is 1.93. The first-order valence-corrected chi connectivity index (χ1v) is 3.00. The molecule has 0 atom stereocenters. The molecule has 0 spiro atoms. The molecule has 10 heavy (non-hydrogen) atoms. The van der Waals surface area contributed by atoms with Gasteiger partial charge in [0.05, 0.1) is 0 Å². The van der Waals surface area contributed by atoms with Crippen molar-refractivity contribution in [3.05, 3.63) is 24.7 Å². The van der Waals surface area contributed by atoms with E-state index in [2.05, 4.69) is 18.2 Å². The fourth-order valence-corrected chi connectivity index (χ4v) is 0.242. The fraction of sp³-hybridized carbons (Fsp3) is 0.375. The monoisotopic (exact) mass is 143 g/mol. The molecule has 0 aromatic rings. The molecule has 0 N–H and O–H groups in total. The summed E-state index contributed by atoms with van der Waals surface area (Å²) >= 11 is 0. The van der Waals surface area contributed by atoms with Crippen LogP contribution in [0.15, 0.2) is 29.7 Å². The van der Waals surface area contributed by atoms with Crippen molar-refractivity contribution in [2.24, 2.45) is 4.99 Å². The van der Waals surface area contributed by atoms with Crippen molar-refractivity contribution in [3.63, 3.8) is 0 Å². The molecule has 0 bridgehead atoms. The van der Waals surface area contributed by atoms with Crippen molar-refractivity contribution in [3.8, 4) is 0 Å². The third-order valence-corrected chi connectivity index (χ3v) is 0.655. The van der Waals surface area contributed by atoms with Gasteiger partial charge in [-0.1, -0.05) is 0 Å². The van der Waals surface area contributed by atoms with Crippen molar-refractivity contribution in [1.82, 2.24) is 0 Å². The summed E-state index contributed by atoms with van der Waals surface area (Å²) in [7, 11) is 0. The van der Waals surface area contributed by atoms with Crippen molar-refractivity contribution < 1.29 is 4.39 Å². The molecule has 0 aliphatic heterocycles. The first-order valence-electron chi connectivity index (χ1n) is 3.00. The van der Waals surface area contributed by atoms with Crippen LogP contribution in [0, 0.1) is 0 Å². The minimum Gasteiger partial charge on any atom is -0.233 e. The molecule has 0 fully saturated rings. The molecular weight excluding hydrogens is 129 g/mol. The standard InChI is InChI=1S/C6H10FN.C2H4/c1-4-8-6(7)5(2)3;1-2/h4H,1-3H3;1-2H2/b8-4-;. The lowest BCUT2D eigenvalue weighted by atomic mass is 10.4. The highest BCUT2D eigenvalue weighted by molar-refractivity contribution is 5.54. The van der Waals surface area contributed by atoms with Gasteiger partial charge in [-0.05, 0) is 26.3 Å². The van der Waals surface area contributed by atoms with Crippen LogP contribution >= 0.6 is 0 Å². The molecule has 0 radical (unpaired) electrons. The second-order valence-electron chi connectivity index (χ2n) is 1.68. The van der Waals surface area contributed by atoms with Gasteiger partial charge >= 0.3 is 0 Å². The van der Waals surface area contributed by atoms with Crippen LogP contribution in [0.25, 0.3) is 0 Å². The molecule has 0 unspecified atom stereocenters. The molecule has 0 aliphatic carbocycles. The highest BCUT2D eigenvalue weighted by atomic mass is 19.1. The van der Waals surface area contributed by atoms with E-state index in [9.17, 15) is 4.39 Å². The van der Waals surface area contributed by atoms with Gasteiger partial charge in [0.15, 0.2) is 0 Å². The topological polar surface area (TPSA) is 12.4 Å². The van der Waals surface area contributed by atoms with Crippen LogP contribution in [-0.4, -0.2) is 6.21 Å². The van der Waals surface area contributed by atoms with Gasteiger partial charge in [-0.3, -0.25) is 0 Å². The maximum absolute atomic E-state index is 12.2. The predicted octanol–water partition coefficient (Wildman–Crippen LogP) is 3.10. The normalized spacial score (nSPS) is 8.40. The van der Waals surface area contributed by atoms with E-state index in [-0.39, 0.29) is 5.95 Å². The van der Waals surface area contributed by atoms with Gasteiger partial charge in [0.25, 0.3) is 0 Å². The first-order chi connectivity index (χ1) is 4.68. The Hall–Kier alpha value is -0.920. The zero-order valence-corrected chi connectivity index (χ0v) is 6.82. The first kappa shape index (κ1) is 11.8. The minimum atomic E-state index is -0.382. The van der Waals surface area contributed by atoms with E-state index in [1.807, 2.05) is 0 Å². The Kier molecular flexibility index (Phi) is 9.56. The van der Waals surface area contributed by atoms with E-state index >= 15 is 0 Å². The Balaban J connectivity index is 0. The van der Waals surface area contributed by atoms with Crippen LogP contribution < -0.4 is 0 Å². The summed E-state index contributed by atoms with van der Waals surface area (Å²) in [6.45, 7) is 11.0. The molecular formula is C8H14FN. The van der Waals surface area contributed by atoms with Crippen LogP contribution in [-0.2, 0) is 0 Å². The van der Waals surface area contributed by atoms with Crippen LogP contribution in [0.2, 0.25) is 0 Å². The molecule has 2 heteroatoms. The quantitative estimate of drug-likeness (QED) is 0.304. The van der Waals surface area contributed by atoms with Crippen LogP contribution in [0.4, 0.5) is 4.39 Å². The smallest absolute Gasteiger partial charge is 0.211 e. The predicted molar refractivity (Wildman–Crippen MR) is 44.9 cm³/mol. The highest BCUT2D eigenvalue weighted by Gasteiger charge is 1.87. The third kappa shape index (κ3) is 7.08. The van der Waals surface area contributed by atoms with Crippen LogP contribution in [0.5, 0.6) is 0 Å². The number of hydrogen-bond donors (Lipinski definition) is 0. The summed E-state index contributed by atoms with van der Waals surface area (Å²) in [6.07, 6.45) is 1.43. The summed E-state index contributed by atoms with van der Waals surface area (Å²) in [5.74, 6) is -0.382. The zero-order valence-electron chi connectivity index (χ0n) is 6.82. The number of hydrogen-bond acceptors (Lipinski definition) is 1. The van der Waals surface area contributed by atoms with Crippen molar-refractivity contribution in [2.75, 3.05) is 0 Å². The molecule has 1 nitrogen and oxygen atoms in total. The van der Waals surface area contributed by atoms with Crippen LogP contribution in [0.1, 0.15) is 20.8 Å². The minimum absolute atomic E-state index is 0.382. The summed E-state index contributed by atoms with van der Waals surface area (Å²) in [5.41, 5.74) is 0.614. The lowest BCUT2D eigenvalue weighted by Crippen LogP contribution is -1.71. The van der Waals surface area contributed by atoms with E-state index in [1.54, 1.807) is 20.8 Å². The maximum atomic E-state index is 12.2. The van der Waals surface area contributed by atoms with Gasteiger partial charge in [-0.25, -0.2) is 4.99 Å². The average molecular weight is 143 g/mol. The van der Waals surface area contributed by atoms with E-state index < -0.39 is 0 Å². The molecule has 0 saturated heterocycles. The molecule has 0 aromatic heterocycles. The van der Waals surface area contributed by atoms with Crippen molar-refractivity contribution in [1.29, 1.82) is 0 Å². The molecule has 0 heterocycles. The van der Waals surface area contributed by atoms with Gasteiger partial charge in [-0.15, -0.1) is 13.2 Å². The van der Waals surface area contributed by atoms with Crippen molar-refractivity contribution >= 4 is 6.21 Å². The summed E-state index contributed by atoms with van der Waals surface area (Å²) < 4.78 is 12.2. The number of rotatable bonds is 1. The molecule has 0 rings (SSSR count). The second kappa shape index (κ2) is 8.08. The maximum Gasteiger partial charge on any atom is 0.211 e. The Labute approximate surface area is 62.0 Å². The van der Waals surface area contributed by atoms with Gasteiger partial charge in [0, 0.05) is 6.21 Å². The van der Waals surface area contributed by atoms with Gasteiger partial charge in [-0.2, -0.15) is 4.39 Å². The molecule has 0 saturated carbocycles. The highest BCUT2D eigenvalue weighted by Crippen LogP contribution is 2.03. The lowest BCUT2D eigenvalue weighted by molar-refractivity contribution is 0.616. The van der Waals surface area contributed by atoms with Gasteiger partial charge < -0.3 is 0 Å².